The van der Waals surface area contributed by atoms with Gasteiger partial charge in [0, 0.05) is 19.1 Å². The Morgan fingerprint density at radius 3 is 2.48 bits per heavy atom. The van der Waals surface area contributed by atoms with Crippen molar-refractivity contribution in [1.29, 1.82) is 0 Å². The van der Waals surface area contributed by atoms with Crippen molar-refractivity contribution in [3.8, 4) is 5.88 Å². The van der Waals surface area contributed by atoms with E-state index in [1.807, 2.05) is 34.6 Å². The molecule has 21 heavy (non-hydrogen) atoms. The molecular formula is C15H28N4O2. The molecule has 3 N–H and O–H groups in total. The van der Waals surface area contributed by atoms with Gasteiger partial charge < -0.3 is 20.5 Å². The highest BCUT2D eigenvalue weighted by molar-refractivity contribution is 5.67. The zero-order valence-electron chi connectivity index (χ0n) is 13.8. The molecule has 0 saturated heterocycles. The van der Waals surface area contributed by atoms with Gasteiger partial charge in [0.05, 0.1) is 12.7 Å². The molecule has 6 heteroatoms. The fourth-order valence-electron chi connectivity index (χ4n) is 1.70. The van der Waals surface area contributed by atoms with E-state index in [0.717, 1.165) is 18.8 Å². The average Bonchev–Trinajstić information content (AvgIpc) is 2.41. The Balaban J connectivity index is 2.70. The van der Waals surface area contributed by atoms with Gasteiger partial charge in [-0.3, -0.25) is 0 Å². The highest BCUT2D eigenvalue weighted by atomic mass is 16.5. The van der Waals surface area contributed by atoms with Crippen LogP contribution in [0.2, 0.25) is 0 Å². The van der Waals surface area contributed by atoms with E-state index in [-0.39, 0.29) is 12.0 Å². The highest BCUT2D eigenvalue weighted by Gasteiger charge is 2.14. The lowest BCUT2D eigenvalue weighted by molar-refractivity contribution is 0.0787. The van der Waals surface area contributed by atoms with Crippen LogP contribution in [0.25, 0.3) is 0 Å². The van der Waals surface area contributed by atoms with Crippen molar-refractivity contribution < 1.29 is 9.47 Å². The maximum atomic E-state index is 6.06. The molecule has 0 aliphatic heterocycles. The monoisotopic (exact) mass is 296 g/mol. The number of nitrogens with one attached hydrogen (secondary N) is 1. The van der Waals surface area contributed by atoms with Gasteiger partial charge in [0.2, 0.25) is 5.88 Å². The van der Waals surface area contributed by atoms with Crippen LogP contribution in [0.5, 0.6) is 5.88 Å². The molecule has 0 unspecified atom stereocenters. The third-order valence-electron chi connectivity index (χ3n) is 2.79. The van der Waals surface area contributed by atoms with E-state index < -0.39 is 0 Å². The van der Waals surface area contributed by atoms with Gasteiger partial charge in [-0.15, -0.1) is 0 Å². The molecule has 120 valence electrons. The zero-order chi connectivity index (χ0) is 15.8. The third-order valence-corrected chi connectivity index (χ3v) is 2.79. The first kappa shape index (κ1) is 17.5. The van der Waals surface area contributed by atoms with E-state index >= 15 is 0 Å². The van der Waals surface area contributed by atoms with Crippen molar-refractivity contribution in [2.45, 2.75) is 53.1 Å². The van der Waals surface area contributed by atoms with Crippen molar-refractivity contribution in [1.82, 2.24) is 9.97 Å². The molecule has 1 aromatic heterocycles. The Kier molecular flexibility index (Phi) is 7.22. The summed E-state index contributed by atoms with van der Waals surface area (Å²) in [5.74, 6) is 2.04. The summed E-state index contributed by atoms with van der Waals surface area (Å²) in [5, 5.41) is 3.24. The molecule has 0 amide bonds. The lowest BCUT2D eigenvalue weighted by atomic mass is 10.2. The van der Waals surface area contributed by atoms with Crippen LogP contribution in [-0.2, 0) is 4.74 Å². The number of hydrogen-bond acceptors (Lipinski definition) is 6. The number of ether oxygens (including phenoxy) is 2. The minimum atomic E-state index is 0.217. The molecule has 0 atom stereocenters. The van der Waals surface area contributed by atoms with E-state index in [4.69, 9.17) is 15.2 Å². The van der Waals surface area contributed by atoms with Crippen molar-refractivity contribution in [2.75, 3.05) is 30.8 Å². The molecule has 1 rings (SSSR count). The van der Waals surface area contributed by atoms with Crippen molar-refractivity contribution in [2.24, 2.45) is 0 Å². The number of hydrogen-bond donors (Lipinski definition) is 2. The van der Waals surface area contributed by atoms with Gasteiger partial charge in [0.25, 0.3) is 0 Å². The minimum Gasteiger partial charge on any atom is -0.476 e. The van der Waals surface area contributed by atoms with Gasteiger partial charge in [-0.05, 0) is 27.2 Å². The van der Waals surface area contributed by atoms with Gasteiger partial charge in [0.15, 0.2) is 5.82 Å². The predicted molar refractivity (Wildman–Crippen MR) is 85.9 cm³/mol. The SMILES string of the molecule is CCOc1nc(C(C)C)nc(NCCCOC(C)C)c1N. The molecule has 0 bridgehead atoms. The Morgan fingerprint density at radius 1 is 1.19 bits per heavy atom. The lowest BCUT2D eigenvalue weighted by Gasteiger charge is -2.15. The van der Waals surface area contributed by atoms with E-state index in [0.29, 0.717) is 30.6 Å². The standard InChI is InChI=1S/C15H28N4O2/c1-6-20-15-12(16)14(18-13(19-15)10(2)3)17-8-7-9-21-11(4)5/h10-11H,6-9,16H2,1-5H3,(H,17,18,19). The number of rotatable bonds is 9. The fraction of sp³-hybridized carbons (Fsp3) is 0.733. The number of aromatic nitrogens is 2. The third kappa shape index (κ3) is 5.75. The molecule has 0 aromatic carbocycles. The number of nitrogens with zero attached hydrogens (tertiary/aromatic N) is 2. The van der Waals surface area contributed by atoms with Crippen molar-refractivity contribution in [3.05, 3.63) is 5.82 Å². The number of anilines is 2. The van der Waals surface area contributed by atoms with E-state index in [9.17, 15) is 0 Å². The van der Waals surface area contributed by atoms with Crippen LogP contribution in [0.1, 0.15) is 52.8 Å². The van der Waals surface area contributed by atoms with Gasteiger partial charge in [-0.1, -0.05) is 13.8 Å². The summed E-state index contributed by atoms with van der Waals surface area (Å²) in [6.07, 6.45) is 1.15. The minimum absolute atomic E-state index is 0.217. The second kappa shape index (κ2) is 8.67. The summed E-state index contributed by atoms with van der Waals surface area (Å²) in [7, 11) is 0. The summed E-state index contributed by atoms with van der Waals surface area (Å²) in [5.41, 5.74) is 6.52. The molecule has 0 saturated carbocycles. The molecule has 0 aliphatic carbocycles. The summed E-state index contributed by atoms with van der Waals surface area (Å²) in [4.78, 5) is 8.85. The molecule has 1 aromatic rings. The van der Waals surface area contributed by atoms with Gasteiger partial charge in [0.1, 0.15) is 11.5 Å². The normalized spacial score (nSPS) is 11.2. The smallest absolute Gasteiger partial charge is 0.242 e. The maximum absolute atomic E-state index is 6.06. The summed E-state index contributed by atoms with van der Waals surface area (Å²) < 4.78 is 11.0. The van der Waals surface area contributed by atoms with Gasteiger partial charge in [-0.25, -0.2) is 4.98 Å². The predicted octanol–water partition coefficient (Wildman–Crippen LogP) is 2.81. The van der Waals surface area contributed by atoms with Crippen molar-refractivity contribution >= 4 is 11.5 Å². The first-order valence-electron chi connectivity index (χ1n) is 7.61. The largest absolute Gasteiger partial charge is 0.476 e. The van der Waals surface area contributed by atoms with Gasteiger partial charge >= 0.3 is 0 Å². The topological polar surface area (TPSA) is 82.3 Å². The average molecular weight is 296 g/mol. The van der Waals surface area contributed by atoms with Crippen LogP contribution >= 0.6 is 0 Å². The van der Waals surface area contributed by atoms with Crippen LogP contribution in [-0.4, -0.2) is 35.8 Å². The van der Waals surface area contributed by atoms with Crippen LogP contribution in [0.3, 0.4) is 0 Å². The summed E-state index contributed by atoms with van der Waals surface area (Å²) >= 11 is 0. The van der Waals surface area contributed by atoms with E-state index in [1.54, 1.807) is 0 Å². The Bertz CT molecular complexity index is 436. The first-order chi connectivity index (χ1) is 9.95. The maximum Gasteiger partial charge on any atom is 0.242 e. The fourth-order valence-corrected chi connectivity index (χ4v) is 1.70. The second-order valence-corrected chi connectivity index (χ2v) is 5.44. The lowest BCUT2D eigenvalue weighted by Crippen LogP contribution is -2.14. The molecule has 0 spiro atoms. The Morgan fingerprint density at radius 2 is 1.90 bits per heavy atom. The summed E-state index contributed by atoms with van der Waals surface area (Å²) in [6, 6.07) is 0. The van der Waals surface area contributed by atoms with Crippen molar-refractivity contribution in [3.63, 3.8) is 0 Å². The van der Waals surface area contributed by atoms with Gasteiger partial charge in [-0.2, -0.15) is 4.98 Å². The summed E-state index contributed by atoms with van der Waals surface area (Å²) in [6.45, 7) is 12.0. The Hall–Kier alpha value is -1.56. The molecule has 0 radical (unpaired) electrons. The van der Waals surface area contributed by atoms with E-state index in [2.05, 4.69) is 15.3 Å². The second-order valence-electron chi connectivity index (χ2n) is 5.44. The van der Waals surface area contributed by atoms with Crippen LogP contribution < -0.4 is 15.8 Å². The van der Waals surface area contributed by atoms with E-state index in [1.165, 1.54) is 0 Å². The molecule has 0 aliphatic rings. The van der Waals surface area contributed by atoms with Crippen LogP contribution in [0.15, 0.2) is 0 Å². The molecule has 0 fully saturated rings. The number of nitrogens with two attached hydrogens (primary N) is 1. The van der Waals surface area contributed by atoms with Crippen LogP contribution in [0, 0.1) is 0 Å². The molecule has 1 heterocycles. The molecule has 6 nitrogen and oxygen atoms in total. The quantitative estimate of drug-likeness (QED) is 0.682. The molecular weight excluding hydrogens is 268 g/mol. The zero-order valence-corrected chi connectivity index (χ0v) is 13.8. The van der Waals surface area contributed by atoms with Crippen LogP contribution in [0.4, 0.5) is 11.5 Å². The highest BCUT2D eigenvalue weighted by Crippen LogP contribution is 2.28. The Labute approximate surface area is 127 Å². The first-order valence-corrected chi connectivity index (χ1v) is 7.61. The number of nitrogen functional groups attached to an aromatic ring is 1.